The molecule has 380 valence electrons. The monoisotopic (exact) mass is 1030 g/mol. The molecule has 69 heavy (non-hydrogen) atoms. The quantitative estimate of drug-likeness (QED) is 0.0540. The van der Waals surface area contributed by atoms with Gasteiger partial charge in [-0.25, -0.2) is 26.6 Å². The number of aromatic amines is 1. The Bertz CT molecular complexity index is 2600. The Labute approximate surface area is 415 Å². The van der Waals surface area contributed by atoms with E-state index in [9.17, 15) is 16.8 Å². The average Bonchev–Trinajstić information content (AvgIpc) is 4.11. The number of rotatable bonds is 16. The van der Waals surface area contributed by atoms with E-state index in [1.54, 1.807) is 0 Å². The molecule has 2 saturated heterocycles. The number of halogens is 1. The van der Waals surface area contributed by atoms with Gasteiger partial charge in [-0.2, -0.15) is 14.3 Å². The Morgan fingerprint density at radius 2 is 1.32 bits per heavy atom. The highest BCUT2D eigenvalue weighted by atomic mass is 35.7. The topological polar surface area (TPSA) is 196 Å². The lowest BCUT2D eigenvalue weighted by Gasteiger charge is -2.18. The van der Waals surface area contributed by atoms with E-state index in [2.05, 4.69) is 96.9 Å². The van der Waals surface area contributed by atoms with Gasteiger partial charge in [0.15, 0.2) is 0 Å². The molecule has 0 bridgehead atoms. The van der Waals surface area contributed by atoms with E-state index in [1.807, 2.05) is 14.1 Å². The minimum atomic E-state index is -4.03. The van der Waals surface area contributed by atoms with Crippen molar-refractivity contribution in [2.24, 2.45) is 11.8 Å². The molecule has 2 aliphatic heterocycles. The highest BCUT2D eigenvalue weighted by Gasteiger charge is 2.36. The summed E-state index contributed by atoms with van der Waals surface area (Å²) in [6, 6.07) is 5.75. The second-order valence-electron chi connectivity index (χ2n) is 21.6. The summed E-state index contributed by atoms with van der Waals surface area (Å²) in [5, 5.41) is 20.7. The van der Waals surface area contributed by atoms with E-state index in [4.69, 9.17) is 15.4 Å². The van der Waals surface area contributed by atoms with E-state index in [0.29, 0.717) is 37.5 Å². The van der Waals surface area contributed by atoms with Crippen LogP contribution in [0.15, 0.2) is 22.4 Å². The summed E-state index contributed by atoms with van der Waals surface area (Å²) < 4.78 is 58.6. The zero-order valence-electron chi connectivity index (χ0n) is 41.9. The number of ether oxygens (including phenoxy) is 1. The van der Waals surface area contributed by atoms with Crippen LogP contribution in [-0.4, -0.2) is 143 Å². The van der Waals surface area contributed by atoms with E-state index >= 15 is 0 Å². The molecule has 0 radical (unpaired) electrons. The van der Waals surface area contributed by atoms with Crippen molar-refractivity contribution >= 4 is 61.1 Å². The molecular weight excluding hydrogens is 952 g/mol. The molecule has 0 spiro atoms. The molecule has 2 fully saturated rings. The molecule has 2 atom stereocenters. The van der Waals surface area contributed by atoms with Crippen molar-refractivity contribution in [1.29, 1.82) is 0 Å². The van der Waals surface area contributed by atoms with Crippen molar-refractivity contribution in [1.82, 2.24) is 49.4 Å². The van der Waals surface area contributed by atoms with Gasteiger partial charge in [-0.05, 0) is 194 Å². The Morgan fingerprint density at radius 3 is 1.83 bits per heavy atom. The lowest BCUT2D eigenvalue weighted by atomic mass is 9.99. The van der Waals surface area contributed by atoms with Gasteiger partial charge >= 0.3 is 0 Å². The van der Waals surface area contributed by atoms with Gasteiger partial charge in [0.25, 0.3) is 29.4 Å². The summed E-state index contributed by atoms with van der Waals surface area (Å²) in [5.74, 6) is 1.95. The van der Waals surface area contributed by atoms with Gasteiger partial charge in [0.05, 0.1) is 0 Å². The normalized spacial score (nSPS) is 19.9. The van der Waals surface area contributed by atoms with Crippen LogP contribution in [0.4, 0.5) is 23.3 Å². The van der Waals surface area contributed by atoms with Crippen LogP contribution in [0.1, 0.15) is 83.0 Å². The second kappa shape index (κ2) is 22.1. The zero-order valence-corrected chi connectivity index (χ0v) is 45.3. The first-order valence-electron chi connectivity index (χ1n) is 25.1. The van der Waals surface area contributed by atoms with Gasteiger partial charge in [0, 0.05) is 62.9 Å². The second-order valence-corrected chi connectivity index (χ2v) is 31.5. The standard InChI is InChI=1S/C21H30N6O2S.C20H29ClN4O3SSi.C7H16N2/c1-26(2)12-14-9-10-27(13-14)30(28,29)21-23-20(24-25-21)22-19-17-7-3-5-15(17)11-16-6-4-8-18(16)19;1-30(2,3)11-10-28-13-25-19(23-20(24-25)29(21,26)27)22-18-16-8-4-6-14(16)12-15-7-5-9-17(15)18;1-9(2)6-7-3-4-8-5-7/h11,14H,3-10,12-13H2,1-2H3,(H2,22,23,24,25);12H,4-11,13H2,1-3H3,(H,22,23,24);7-8H,3-6H2,1-2H3/t14-;;7-/m1.0/s1. The van der Waals surface area contributed by atoms with Gasteiger partial charge in [-0.1, -0.05) is 31.8 Å². The SMILES string of the molecule is CN(C)C[C@H]1CCN(S(=O)(=O)c2nc(Nc3c4c(cc5c3CCC5)CCC4)n[nH]2)C1.CN(C)C[C@H]1CCNC1.C[Si](C)(C)CCOCn1nc(S(=O)(=O)Cl)nc1Nc1c2c(cc3c1CCC3)CCC2. The van der Waals surface area contributed by atoms with E-state index in [1.165, 1.54) is 92.4 Å². The van der Waals surface area contributed by atoms with Crippen LogP contribution in [-0.2, 0) is 81.9 Å². The summed E-state index contributed by atoms with van der Waals surface area (Å²) in [7, 11) is 4.92. The van der Waals surface area contributed by atoms with Crippen molar-refractivity contribution in [3.8, 4) is 0 Å². The number of hydrogen-bond donors (Lipinski definition) is 4. The minimum Gasteiger partial charge on any atom is -0.359 e. The lowest BCUT2D eigenvalue weighted by molar-refractivity contribution is 0.0792. The van der Waals surface area contributed by atoms with Crippen LogP contribution in [0.3, 0.4) is 0 Å². The molecule has 0 amide bonds. The molecule has 4 aromatic rings. The number of benzene rings is 2. The summed E-state index contributed by atoms with van der Waals surface area (Å²) in [4.78, 5) is 12.9. The largest absolute Gasteiger partial charge is 0.359 e. The van der Waals surface area contributed by atoms with E-state index in [0.717, 1.165) is 101 Å². The predicted molar refractivity (Wildman–Crippen MR) is 276 cm³/mol. The maximum atomic E-state index is 13.1. The lowest BCUT2D eigenvalue weighted by Crippen LogP contribution is -2.31. The van der Waals surface area contributed by atoms with E-state index < -0.39 is 32.3 Å². The number of nitrogens with one attached hydrogen (secondary N) is 4. The number of nitrogens with zero attached hydrogens (tertiary/aromatic N) is 8. The van der Waals surface area contributed by atoms with Crippen LogP contribution >= 0.6 is 10.7 Å². The third-order valence-corrected chi connectivity index (χ3v) is 18.6. The van der Waals surface area contributed by atoms with Gasteiger partial charge in [0.1, 0.15) is 6.73 Å². The number of sulfonamides is 1. The molecule has 0 saturated carbocycles. The Hall–Kier alpha value is -3.47. The van der Waals surface area contributed by atoms with Gasteiger partial charge in [-0.3, -0.25) is 0 Å². The third kappa shape index (κ3) is 13.0. The number of hydrogen-bond acceptors (Lipinski definition) is 14. The first-order chi connectivity index (χ1) is 32.8. The predicted octanol–water partition coefficient (Wildman–Crippen LogP) is 6.49. The molecule has 0 unspecified atom stereocenters. The fourth-order valence-electron chi connectivity index (χ4n) is 10.9. The third-order valence-electron chi connectivity index (χ3n) is 14.2. The Morgan fingerprint density at radius 1 is 0.768 bits per heavy atom. The highest BCUT2D eigenvalue weighted by molar-refractivity contribution is 8.13. The summed E-state index contributed by atoms with van der Waals surface area (Å²) in [5.41, 5.74) is 13.2. The number of H-pyrrole nitrogens is 1. The minimum absolute atomic E-state index is 0.0697. The van der Waals surface area contributed by atoms with Crippen LogP contribution in [0.25, 0.3) is 0 Å². The van der Waals surface area contributed by atoms with Gasteiger partial charge < -0.3 is 30.5 Å². The molecule has 2 aromatic heterocycles. The first-order valence-corrected chi connectivity index (χ1v) is 32.5. The van der Waals surface area contributed by atoms with Crippen molar-refractivity contribution in [3.63, 3.8) is 0 Å². The molecule has 6 aliphatic rings. The Kier molecular flexibility index (Phi) is 16.6. The van der Waals surface area contributed by atoms with Crippen LogP contribution in [0.2, 0.25) is 25.7 Å². The van der Waals surface area contributed by atoms with Crippen LogP contribution < -0.4 is 16.0 Å². The Balaban J connectivity index is 0.000000158. The van der Waals surface area contributed by atoms with Crippen molar-refractivity contribution in [2.75, 3.05) is 84.7 Å². The molecule has 17 nitrogen and oxygen atoms in total. The van der Waals surface area contributed by atoms with E-state index in [-0.39, 0.29) is 11.9 Å². The first kappa shape index (κ1) is 51.9. The molecule has 2 aromatic carbocycles. The van der Waals surface area contributed by atoms with Crippen molar-refractivity contribution < 1.29 is 21.6 Å². The molecular formula is C48H75ClN12O5S2Si. The summed E-state index contributed by atoms with van der Waals surface area (Å²) >= 11 is 0. The van der Waals surface area contributed by atoms with Crippen LogP contribution in [0, 0.1) is 11.8 Å². The number of anilines is 4. The fourth-order valence-corrected chi connectivity index (χ4v) is 13.6. The fraction of sp³-hybridized carbons (Fsp3) is 0.667. The maximum Gasteiger partial charge on any atom is 0.298 e. The summed E-state index contributed by atoms with van der Waals surface area (Å²) in [6.07, 6.45) is 15.4. The zero-order chi connectivity index (χ0) is 49.1. The average molecular weight is 1030 g/mol. The highest BCUT2D eigenvalue weighted by Crippen LogP contribution is 2.41. The summed E-state index contributed by atoms with van der Waals surface area (Å²) in [6.45, 7) is 13.2. The number of fused-ring (bicyclic) bond motifs is 4. The molecule has 4 heterocycles. The smallest absolute Gasteiger partial charge is 0.298 e. The van der Waals surface area contributed by atoms with Crippen LogP contribution in [0.5, 0.6) is 0 Å². The van der Waals surface area contributed by atoms with Gasteiger partial charge in [-0.15, -0.1) is 10.2 Å². The van der Waals surface area contributed by atoms with Gasteiger partial charge in [0.2, 0.25) is 11.9 Å². The number of aromatic nitrogens is 6. The molecule has 4 aliphatic carbocycles. The molecule has 10 rings (SSSR count). The number of aryl methyl sites for hydroxylation is 4. The van der Waals surface area contributed by atoms with Crippen molar-refractivity contribution in [2.45, 2.75) is 133 Å². The molecule has 21 heteroatoms. The van der Waals surface area contributed by atoms with Crippen molar-refractivity contribution in [3.05, 3.63) is 56.6 Å². The molecule has 4 N–H and O–H groups in total. The maximum absolute atomic E-state index is 13.1.